The van der Waals surface area contributed by atoms with Crippen LogP contribution in [0.4, 0.5) is 10.5 Å². The third-order valence-corrected chi connectivity index (χ3v) is 9.73. The van der Waals surface area contributed by atoms with Crippen molar-refractivity contribution >= 4 is 39.6 Å². The molecular formula is C32H42N4O9S. The number of nitrogens with zero attached hydrogens (tertiary/aromatic N) is 2. The summed E-state index contributed by atoms with van der Waals surface area (Å²) in [5.74, 6) is -1.78. The molecule has 14 heteroatoms. The zero-order valence-electron chi connectivity index (χ0n) is 26.7. The predicted octanol–water partition coefficient (Wildman–Crippen LogP) is 2.36. The number of aliphatic hydroxyl groups excluding tert-OH is 1. The molecule has 2 aliphatic rings. The van der Waals surface area contributed by atoms with Crippen LogP contribution >= 0.6 is 0 Å². The molecule has 250 valence electrons. The SMILES string of the molecule is COC(=O)[C@H](Cc1ccc(NC(=O)[C@@H]2CC(O)CN2C(=O)OC(C)(C)C)cc1)NC(=O)[C@@H]1CCCN1S(=O)(=O)c1ccc(C)cc1. The molecule has 3 amide bonds. The Morgan fingerprint density at radius 2 is 1.65 bits per heavy atom. The zero-order valence-corrected chi connectivity index (χ0v) is 27.5. The second kappa shape index (κ2) is 14.2. The van der Waals surface area contributed by atoms with Crippen molar-refractivity contribution in [1.29, 1.82) is 0 Å². The van der Waals surface area contributed by atoms with Gasteiger partial charge in [0, 0.05) is 25.1 Å². The summed E-state index contributed by atoms with van der Waals surface area (Å²) in [5.41, 5.74) is 1.19. The number of hydrogen-bond acceptors (Lipinski definition) is 9. The van der Waals surface area contributed by atoms with Gasteiger partial charge in [-0.25, -0.2) is 18.0 Å². The van der Waals surface area contributed by atoms with Gasteiger partial charge in [0.05, 0.1) is 24.7 Å². The molecule has 2 saturated heterocycles. The molecule has 0 aromatic heterocycles. The number of rotatable bonds is 9. The van der Waals surface area contributed by atoms with Crippen molar-refractivity contribution in [2.75, 3.05) is 25.5 Å². The van der Waals surface area contributed by atoms with Gasteiger partial charge in [-0.1, -0.05) is 29.8 Å². The number of nitrogens with one attached hydrogen (secondary N) is 2. The van der Waals surface area contributed by atoms with E-state index in [-0.39, 0.29) is 30.8 Å². The van der Waals surface area contributed by atoms with E-state index >= 15 is 0 Å². The van der Waals surface area contributed by atoms with Gasteiger partial charge in [-0.05, 0) is 70.4 Å². The Labute approximate surface area is 269 Å². The number of esters is 1. The molecule has 0 radical (unpaired) electrons. The number of aliphatic hydroxyl groups is 1. The van der Waals surface area contributed by atoms with Crippen LogP contribution in [0.5, 0.6) is 0 Å². The van der Waals surface area contributed by atoms with Crippen molar-refractivity contribution < 1.29 is 42.2 Å². The molecule has 0 spiro atoms. The summed E-state index contributed by atoms with van der Waals surface area (Å²) in [7, 11) is -2.73. The van der Waals surface area contributed by atoms with E-state index in [2.05, 4.69) is 10.6 Å². The molecule has 3 N–H and O–H groups in total. The molecular weight excluding hydrogens is 616 g/mol. The van der Waals surface area contributed by atoms with Crippen LogP contribution in [0.25, 0.3) is 0 Å². The number of anilines is 1. The van der Waals surface area contributed by atoms with E-state index in [0.717, 1.165) is 5.56 Å². The molecule has 2 fully saturated rings. The number of β-amino-alcohol motifs (C(OH)–C–C–N with tert-alkyl or cyclic N) is 1. The van der Waals surface area contributed by atoms with E-state index in [9.17, 15) is 32.7 Å². The average molecular weight is 659 g/mol. The maximum atomic E-state index is 13.4. The lowest BCUT2D eigenvalue weighted by Gasteiger charge is -2.27. The fraction of sp³-hybridized carbons (Fsp3) is 0.500. The van der Waals surface area contributed by atoms with Gasteiger partial charge in [0.2, 0.25) is 21.8 Å². The molecule has 1 unspecified atom stereocenters. The fourth-order valence-corrected chi connectivity index (χ4v) is 7.17. The zero-order chi connectivity index (χ0) is 33.8. The van der Waals surface area contributed by atoms with Crippen molar-refractivity contribution in [2.45, 2.75) is 88.1 Å². The summed E-state index contributed by atoms with van der Waals surface area (Å²) in [5, 5.41) is 15.6. The molecule has 0 bridgehead atoms. The molecule has 13 nitrogen and oxygen atoms in total. The Bertz CT molecular complexity index is 1540. The van der Waals surface area contributed by atoms with E-state index in [1.165, 1.54) is 28.4 Å². The van der Waals surface area contributed by atoms with Crippen molar-refractivity contribution in [3.8, 4) is 0 Å². The van der Waals surface area contributed by atoms with Crippen molar-refractivity contribution in [1.82, 2.24) is 14.5 Å². The van der Waals surface area contributed by atoms with Crippen molar-refractivity contribution in [2.24, 2.45) is 0 Å². The molecule has 0 aliphatic carbocycles. The number of benzene rings is 2. The monoisotopic (exact) mass is 658 g/mol. The Morgan fingerprint density at radius 1 is 1.00 bits per heavy atom. The third kappa shape index (κ3) is 8.42. The lowest BCUT2D eigenvalue weighted by atomic mass is 10.0. The highest BCUT2D eigenvalue weighted by Gasteiger charge is 2.42. The predicted molar refractivity (Wildman–Crippen MR) is 168 cm³/mol. The first-order chi connectivity index (χ1) is 21.6. The number of methoxy groups -OCH3 is 1. The first kappa shape index (κ1) is 34.9. The number of carbonyl (C=O) groups is 4. The van der Waals surface area contributed by atoms with Gasteiger partial charge in [0.15, 0.2) is 0 Å². The smallest absolute Gasteiger partial charge is 0.411 e. The van der Waals surface area contributed by atoms with Gasteiger partial charge in [-0.15, -0.1) is 0 Å². The van der Waals surface area contributed by atoms with Crippen LogP contribution in [0.2, 0.25) is 0 Å². The van der Waals surface area contributed by atoms with Crippen LogP contribution in [0.1, 0.15) is 51.2 Å². The van der Waals surface area contributed by atoms with Gasteiger partial charge in [0.1, 0.15) is 23.7 Å². The van der Waals surface area contributed by atoms with Gasteiger partial charge in [-0.2, -0.15) is 4.31 Å². The van der Waals surface area contributed by atoms with Crippen LogP contribution in [0, 0.1) is 6.92 Å². The summed E-state index contributed by atoms with van der Waals surface area (Å²) < 4.78 is 38.1. The maximum Gasteiger partial charge on any atom is 0.411 e. The second-order valence-corrected chi connectivity index (χ2v) is 14.5. The van der Waals surface area contributed by atoms with E-state index < -0.39 is 63.7 Å². The van der Waals surface area contributed by atoms with Crippen molar-refractivity contribution in [3.63, 3.8) is 0 Å². The Balaban J connectivity index is 1.41. The number of amides is 3. The molecule has 46 heavy (non-hydrogen) atoms. The normalized spacial score (nSPS) is 21.0. The number of ether oxygens (including phenoxy) is 2. The minimum atomic E-state index is -3.93. The summed E-state index contributed by atoms with van der Waals surface area (Å²) >= 11 is 0. The topological polar surface area (TPSA) is 172 Å². The summed E-state index contributed by atoms with van der Waals surface area (Å²) in [4.78, 5) is 53.0. The fourth-order valence-electron chi connectivity index (χ4n) is 5.51. The Kier molecular flexibility index (Phi) is 10.7. The standard InChI is InChI=1S/C32H42N4O9S/c1-20-8-14-24(15-9-20)46(42,43)36-16-6-7-26(36)28(38)34-25(30(40)44-5)17-21-10-12-22(13-11-21)33-29(39)27-18-23(37)19-35(27)31(41)45-32(2,3)4/h8-15,23,25-27,37H,6-7,16-19H2,1-5H3,(H,33,39)(H,34,38)/t23?,25-,26-,27-/m0/s1. The largest absolute Gasteiger partial charge is 0.467 e. The molecule has 0 saturated carbocycles. The van der Waals surface area contributed by atoms with Crippen LogP contribution in [-0.2, 0) is 40.3 Å². The van der Waals surface area contributed by atoms with Gasteiger partial charge >= 0.3 is 12.1 Å². The first-order valence-corrected chi connectivity index (χ1v) is 16.6. The highest BCUT2D eigenvalue weighted by atomic mass is 32.2. The van der Waals surface area contributed by atoms with Gasteiger partial charge in [-0.3, -0.25) is 14.5 Å². The Morgan fingerprint density at radius 3 is 2.26 bits per heavy atom. The number of likely N-dealkylation sites (tertiary alicyclic amines) is 1. The molecule has 2 aromatic rings. The van der Waals surface area contributed by atoms with E-state index in [4.69, 9.17) is 9.47 Å². The lowest BCUT2D eigenvalue weighted by Crippen LogP contribution is -2.51. The minimum absolute atomic E-state index is 0.0247. The molecule has 2 heterocycles. The maximum absolute atomic E-state index is 13.4. The number of hydrogen-bond donors (Lipinski definition) is 3. The van der Waals surface area contributed by atoms with Crippen LogP contribution in [0.15, 0.2) is 53.4 Å². The molecule has 4 rings (SSSR count). The van der Waals surface area contributed by atoms with E-state index in [0.29, 0.717) is 24.1 Å². The van der Waals surface area contributed by atoms with Gasteiger partial charge in [0.25, 0.3) is 0 Å². The molecule has 2 aliphatic heterocycles. The lowest BCUT2D eigenvalue weighted by molar-refractivity contribution is -0.145. The van der Waals surface area contributed by atoms with Crippen molar-refractivity contribution in [3.05, 3.63) is 59.7 Å². The minimum Gasteiger partial charge on any atom is -0.467 e. The highest BCUT2D eigenvalue weighted by Crippen LogP contribution is 2.27. The number of sulfonamides is 1. The van der Waals surface area contributed by atoms with Crippen LogP contribution in [0.3, 0.4) is 0 Å². The highest BCUT2D eigenvalue weighted by molar-refractivity contribution is 7.89. The first-order valence-electron chi connectivity index (χ1n) is 15.1. The van der Waals surface area contributed by atoms with E-state index in [1.807, 2.05) is 6.92 Å². The number of carbonyl (C=O) groups excluding carboxylic acids is 4. The third-order valence-electron chi connectivity index (χ3n) is 7.81. The van der Waals surface area contributed by atoms with E-state index in [1.54, 1.807) is 57.2 Å². The number of aryl methyl sites for hydroxylation is 1. The second-order valence-electron chi connectivity index (χ2n) is 12.6. The summed E-state index contributed by atoms with van der Waals surface area (Å²) in [6, 6.07) is 9.96. The molecule has 2 aromatic carbocycles. The summed E-state index contributed by atoms with van der Waals surface area (Å²) in [6.45, 7) is 7.14. The van der Waals surface area contributed by atoms with Crippen LogP contribution in [-0.4, -0.2) is 96.6 Å². The van der Waals surface area contributed by atoms with Crippen LogP contribution < -0.4 is 10.6 Å². The van der Waals surface area contributed by atoms with Gasteiger partial charge < -0.3 is 25.2 Å². The average Bonchev–Trinajstić information content (AvgIpc) is 3.65. The summed E-state index contributed by atoms with van der Waals surface area (Å²) in [6.07, 6.45) is -0.643. The molecule has 4 atom stereocenters. The quantitative estimate of drug-likeness (QED) is 0.342. The Hall–Kier alpha value is -4.01.